The summed E-state index contributed by atoms with van der Waals surface area (Å²) in [7, 11) is 0. The number of hydrogen-bond acceptors (Lipinski definition) is 4. The molecule has 148 valence electrons. The minimum atomic E-state index is -0.450. The molecule has 0 radical (unpaired) electrons. The number of thiocarbonyl (C=S) groups is 1. The van der Waals surface area contributed by atoms with Gasteiger partial charge < -0.3 is 4.74 Å². The second kappa shape index (κ2) is 9.52. The van der Waals surface area contributed by atoms with E-state index in [1.54, 1.807) is 18.2 Å². The number of nitrogens with one attached hydrogen (secondary N) is 3. The molecule has 0 atom stereocenters. The normalized spacial score (nSPS) is 10.7. The molecule has 0 saturated heterocycles. The highest BCUT2D eigenvalue weighted by Crippen LogP contribution is 2.24. The Labute approximate surface area is 174 Å². The molecule has 0 spiro atoms. The van der Waals surface area contributed by atoms with E-state index in [9.17, 15) is 9.59 Å². The molecule has 2 aromatic carbocycles. The van der Waals surface area contributed by atoms with E-state index in [4.69, 9.17) is 28.6 Å². The van der Waals surface area contributed by atoms with E-state index in [-0.39, 0.29) is 17.1 Å². The second-order valence-corrected chi connectivity index (χ2v) is 7.87. The molecule has 6 nitrogen and oxygen atoms in total. The predicted molar refractivity (Wildman–Crippen MR) is 113 cm³/mol. The van der Waals surface area contributed by atoms with E-state index in [1.807, 2.05) is 24.3 Å². The number of rotatable bonds is 4. The Morgan fingerprint density at radius 3 is 2.36 bits per heavy atom. The Bertz CT molecular complexity index is 864. The van der Waals surface area contributed by atoms with Crippen LogP contribution < -0.4 is 20.9 Å². The highest BCUT2D eigenvalue weighted by Gasteiger charge is 2.13. The smallest absolute Gasteiger partial charge is 0.269 e. The van der Waals surface area contributed by atoms with Gasteiger partial charge in [0, 0.05) is 10.6 Å². The maximum atomic E-state index is 12.0. The number of benzene rings is 2. The molecule has 0 bridgehead atoms. The summed E-state index contributed by atoms with van der Waals surface area (Å²) in [6.45, 7) is 6.15. The average Bonchev–Trinajstić information content (AvgIpc) is 2.64. The van der Waals surface area contributed by atoms with Crippen molar-refractivity contribution in [3.05, 3.63) is 64.7 Å². The maximum absolute atomic E-state index is 12.0. The largest absolute Gasteiger partial charge is 0.484 e. The Hall–Kier alpha value is -2.64. The molecule has 0 unspecified atom stereocenters. The fraction of sp³-hybridized carbons (Fsp3) is 0.250. The summed E-state index contributed by atoms with van der Waals surface area (Å²) in [5.41, 5.74) is 6.41. The third-order valence-corrected chi connectivity index (χ3v) is 4.16. The van der Waals surface area contributed by atoms with Crippen molar-refractivity contribution in [2.24, 2.45) is 0 Å². The Balaban J connectivity index is 1.75. The van der Waals surface area contributed by atoms with Gasteiger partial charge in [-0.3, -0.25) is 25.8 Å². The number of carbonyl (C=O) groups is 2. The molecule has 0 aliphatic carbocycles. The summed E-state index contributed by atoms with van der Waals surface area (Å²) in [5.74, 6) is -0.306. The van der Waals surface area contributed by atoms with Crippen LogP contribution in [0.1, 0.15) is 36.7 Å². The van der Waals surface area contributed by atoms with Crippen molar-refractivity contribution in [2.45, 2.75) is 26.2 Å². The summed E-state index contributed by atoms with van der Waals surface area (Å²) < 4.78 is 5.44. The zero-order chi connectivity index (χ0) is 20.7. The van der Waals surface area contributed by atoms with Gasteiger partial charge >= 0.3 is 0 Å². The van der Waals surface area contributed by atoms with Gasteiger partial charge in [0.25, 0.3) is 11.8 Å². The molecule has 0 saturated carbocycles. The highest BCUT2D eigenvalue weighted by atomic mass is 35.5. The predicted octanol–water partition coefficient (Wildman–Crippen LogP) is 3.35. The molecular weight excluding hydrogens is 398 g/mol. The summed E-state index contributed by atoms with van der Waals surface area (Å²) in [4.78, 5) is 23.9. The molecule has 28 heavy (non-hydrogen) atoms. The maximum Gasteiger partial charge on any atom is 0.269 e. The number of ether oxygens (including phenoxy) is 1. The monoisotopic (exact) mass is 419 g/mol. The Morgan fingerprint density at radius 2 is 1.75 bits per heavy atom. The van der Waals surface area contributed by atoms with Crippen LogP contribution in [0.2, 0.25) is 5.02 Å². The number of halogens is 1. The minimum Gasteiger partial charge on any atom is -0.484 e. The number of hydrazine groups is 1. The van der Waals surface area contributed by atoms with Crippen LogP contribution in [0, 0.1) is 0 Å². The van der Waals surface area contributed by atoms with Gasteiger partial charge in [-0.25, -0.2) is 0 Å². The first-order valence-electron chi connectivity index (χ1n) is 8.54. The number of hydrogen-bond donors (Lipinski definition) is 3. The molecule has 2 aromatic rings. The molecule has 2 amide bonds. The van der Waals surface area contributed by atoms with E-state index >= 15 is 0 Å². The van der Waals surface area contributed by atoms with Gasteiger partial charge in [-0.15, -0.1) is 0 Å². The van der Waals surface area contributed by atoms with Crippen LogP contribution in [0.3, 0.4) is 0 Å². The summed E-state index contributed by atoms with van der Waals surface area (Å²) in [6, 6.07) is 14.0. The third-order valence-electron chi connectivity index (χ3n) is 3.72. The van der Waals surface area contributed by atoms with Crippen LogP contribution in [0.25, 0.3) is 0 Å². The van der Waals surface area contributed by atoms with E-state index in [1.165, 1.54) is 11.6 Å². The molecule has 0 fully saturated rings. The lowest BCUT2D eigenvalue weighted by atomic mass is 9.87. The van der Waals surface area contributed by atoms with Crippen LogP contribution in [0.15, 0.2) is 48.5 Å². The van der Waals surface area contributed by atoms with Crippen LogP contribution in [0.5, 0.6) is 5.75 Å². The topological polar surface area (TPSA) is 79.5 Å². The first-order valence-corrected chi connectivity index (χ1v) is 9.33. The fourth-order valence-corrected chi connectivity index (χ4v) is 2.56. The quantitative estimate of drug-likeness (QED) is 0.523. The lowest BCUT2D eigenvalue weighted by molar-refractivity contribution is -0.121. The minimum absolute atomic E-state index is 0.0449. The van der Waals surface area contributed by atoms with Crippen LogP contribution in [0.4, 0.5) is 0 Å². The highest BCUT2D eigenvalue weighted by molar-refractivity contribution is 7.80. The average molecular weight is 420 g/mol. The third kappa shape index (κ3) is 6.83. The van der Waals surface area contributed by atoms with Crippen molar-refractivity contribution in [1.29, 1.82) is 0 Å². The SMILES string of the molecule is CC(C)(C)c1ccc(OCC(=O)NC(=S)NNC(=O)c2cccc(Cl)c2)cc1. The first kappa shape index (κ1) is 21.7. The molecule has 0 aliphatic heterocycles. The summed E-state index contributed by atoms with van der Waals surface area (Å²) in [6.07, 6.45) is 0. The lowest BCUT2D eigenvalue weighted by Gasteiger charge is -2.19. The van der Waals surface area contributed by atoms with Crippen molar-refractivity contribution >= 4 is 40.7 Å². The van der Waals surface area contributed by atoms with Gasteiger partial charge in [0.1, 0.15) is 5.75 Å². The molecule has 0 heterocycles. The summed E-state index contributed by atoms with van der Waals surface area (Å²) >= 11 is 10.8. The van der Waals surface area contributed by atoms with Gasteiger partial charge in [0.2, 0.25) is 0 Å². The first-order chi connectivity index (χ1) is 13.1. The van der Waals surface area contributed by atoms with E-state index in [2.05, 4.69) is 36.9 Å². The van der Waals surface area contributed by atoms with E-state index < -0.39 is 11.8 Å². The standard InChI is InChI=1S/C20H22ClN3O3S/c1-20(2,3)14-7-9-16(10-8-14)27-12-17(25)22-19(28)24-23-18(26)13-5-4-6-15(21)11-13/h4-11H,12H2,1-3H3,(H,23,26)(H2,22,24,25,28). The molecule has 2 rings (SSSR count). The Kier molecular flexibility index (Phi) is 7.37. The van der Waals surface area contributed by atoms with Crippen LogP contribution in [-0.2, 0) is 10.2 Å². The molecule has 0 aromatic heterocycles. The van der Waals surface area contributed by atoms with Crippen molar-refractivity contribution in [3.63, 3.8) is 0 Å². The zero-order valence-electron chi connectivity index (χ0n) is 15.8. The van der Waals surface area contributed by atoms with Gasteiger partial charge in [-0.05, 0) is 53.5 Å². The van der Waals surface area contributed by atoms with Gasteiger partial charge in [0.05, 0.1) is 0 Å². The molecule has 3 N–H and O–H groups in total. The van der Waals surface area contributed by atoms with Gasteiger partial charge in [-0.1, -0.05) is 50.6 Å². The summed E-state index contributed by atoms with van der Waals surface area (Å²) in [5, 5.41) is 2.81. The van der Waals surface area contributed by atoms with E-state index in [0.29, 0.717) is 16.3 Å². The van der Waals surface area contributed by atoms with Crippen molar-refractivity contribution < 1.29 is 14.3 Å². The van der Waals surface area contributed by atoms with Crippen LogP contribution >= 0.6 is 23.8 Å². The van der Waals surface area contributed by atoms with Gasteiger partial charge in [-0.2, -0.15) is 0 Å². The Morgan fingerprint density at radius 1 is 1.07 bits per heavy atom. The lowest BCUT2D eigenvalue weighted by Crippen LogP contribution is -2.49. The number of amides is 2. The molecule has 0 aliphatic rings. The molecular formula is C20H22ClN3O3S. The van der Waals surface area contributed by atoms with Crippen LogP contribution in [-0.4, -0.2) is 23.5 Å². The van der Waals surface area contributed by atoms with Gasteiger partial charge in [0.15, 0.2) is 11.7 Å². The van der Waals surface area contributed by atoms with E-state index in [0.717, 1.165) is 0 Å². The van der Waals surface area contributed by atoms with Crippen molar-refractivity contribution in [3.8, 4) is 5.75 Å². The van der Waals surface area contributed by atoms with Crippen molar-refractivity contribution in [2.75, 3.05) is 6.61 Å². The van der Waals surface area contributed by atoms with Crippen molar-refractivity contribution in [1.82, 2.24) is 16.2 Å². The molecule has 8 heteroatoms. The second-order valence-electron chi connectivity index (χ2n) is 7.03. The zero-order valence-corrected chi connectivity index (χ0v) is 17.4. The number of carbonyl (C=O) groups excluding carboxylic acids is 2. The fourth-order valence-electron chi connectivity index (χ4n) is 2.21.